The molecule has 0 bridgehead atoms. The number of amides is 3. The largest absolute Gasteiger partial charge is 0.392 e. The highest BCUT2D eigenvalue weighted by Crippen LogP contribution is 2.51. The molecule has 2 atom stereocenters. The van der Waals surface area contributed by atoms with Gasteiger partial charge in [0, 0.05) is 30.5 Å². The van der Waals surface area contributed by atoms with E-state index in [2.05, 4.69) is 5.32 Å². The standard InChI is InChI=1S/C23H25F3N2O4/c1-22(8-2-3-9-22)18(23(24,25)26)11-17(29)13-4-5-15-14(10-13)12-28(21(15)32)16-6-7-19(30)27-20(16)31/h4-5,10,16,18H,2-3,6-9,11-12H2,1H3,(H,27,30,31)/t16?,18-/m1/s1. The minimum absolute atomic E-state index is 0.0714. The number of ketones is 1. The highest BCUT2D eigenvalue weighted by molar-refractivity contribution is 6.06. The van der Waals surface area contributed by atoms with Crippen molar-refractivity contribution in [2.45, 2.75) is 70.6 Å². The molecule has 0 radical (unpaired) electrons. The molecule has 3 amide bonds. The molecule has 1 saturated heterocycles. The SMILES string of the molecule is CC1([C@@H](CC(=O)c2ccc3c(c2)CN(C2CCC(=O)NC2=O)C3=O)C(F)(F)F)CCCC1. The average Bonchev–Trinajstić information content (AvgIpc) is 3.29. The summed E-state index contributed by atoms with van der Waals surface area (Å²) in [5, 5.41) is 2.22. The van der Waals surface area contributed by atoms with Gasteiger partial charge in [0.25, 0.3) is 5.91 Å². The van der Waals surface area contributed by atoms with Crippen molar-refractivity contribution in [3.05, 3.63) is 34.9 Å². The molecule has 1 saturated carbocycles. The van der Waals surface area contributed by atoms with Crippen molar-refractivity contribution in [1.82, 2.24) is 10.2 Å². The second-order valence-corrected chi connectivity index (χ2v) is 9.35. The minimum Gasteiger partial charge on any atom is -0.322 e. The van der Waals surface area contributed by atoms with Crippen LogP contribution < -0.4 is 5.32 Å². The van der Waals surface area contributed by atoms with Gasteiger partial charge in [-0.2, -0.15) is 13.2 Å². The summed E-state index contributed by atoms with van der Waals surface area (Å²) in [6, 6.07) is 3.50. The third kappa shape index (κ3) is 4.04. The van der Waals surface area contributed by atoms with E-state index in [9.17, 15) is 32.3 Å². The highest BCUT2D eigenvalue weighted by Gasteiger charge is 2.52. The normalized spacial score (nSPS) is 23.8. The lowest BCUT2D eigenvalue weighted by atomic mass is 9.72. The monoisotopic (exact) mass is 450 g/mol. The first-order valence-electron chi connectivity index (χ1n) is 10.9. The number of hydrogen-bond acceptors (Lipinski definition) is 4. The zero-order valence-electron chi connectivity index (χ0n) is 17.8. The Labute approximate surface area is 183 Å². The zero-order valence-corrected chi connectivity index (χ0v) is 17.8. The van der Waals surface area contributed by atoms with Crippen molar-refractivity contribution in [1.29, 1.82) is 0 Å². The first-order valence-corrected chi connectivity index (χ1v) is 10.9. The van der Waals surface area contributed by atoms with Gasteiger partial charge in [0.2, 0.25) is 11.8 Å². The first kappa shape index (κ1) is 22.5. The molecule has 3 aliphatic rings. The maximum Gasteiger partial charge on any atom is 0.392 e. The molecule has 0 aromatic heterocycles. The molecular weight excluding hydrogens is 425 g/mol. The van der Waals surface area contributed by atoms with Crippen LogP contribution in [-0.2, 0) is 16.1 Å². The number of nitrogens with zero attached hydrogens (tertiary/aromatic N) is 1. The number of alkyl halides is 3. The van der Waals surface area contributed by atoms with E-state index in [4.69, 9.17) is 0 Å². The van der Waals surface area contributed by atoms with Crippen LogP contribution in [0.25, 0.3) is 0 Å². The number of nitrogens with one attached hydrogen (secondary N) is 1. The van der Waals surface area contributed by atoms with Crippen LogP contribution in [0.4, 0.5) is 13.2 Å². The van der Waals surface area contributed by atoms with Gasteiger partial charge in [-0.1, -0.05) is 25.8 Å². The van der Waals surface area contributed by atoms with Gasteiger partial charge < -0.3 is 4.90 Å². The number of halogens is 3. The van der Waals surface area contributed by atoms with Crippen molar-refractivity contribution in [3.8, 4) is 0 Å². The summed E-state index contributed by atoms with van der Waals surface area (Å²) >= 11 is 0. The van der Waals surface area contributed by atoms with E-state index in [0.717, 1.165) is 12.8 Å². The summed E-state index contributed by atoms with van der Waals surface area (Å²) in [5.74, 6) is -3.63. The van der Waals surface area contributed by atoms with Crippen LogP contribution in [0.2, 0.25) is 0 Å². The number of benzene rings is 1. The van der Waals surface area contributed by atoms with Gasteiger partial charge in [0.05, 0.1) is 5.92 Å². The zero-order chi connectivity index (χ0) is 23.3. The Morgan fingerprint density at radius 3 is 2.53 bits per heavy atom. The number of carbonyl (C=O) groups is 4. The van der Waals surface area contributed by atoms with Crippen LogP contribution in [0.15, 0.2) is 18.2 Å². The molecule has 1 aliphatic carbocycles. The summed E-state index contributed by atoms with van der Waals surface area (Å²) in [5.41, 5.74) is 0.0171. The average molecular weight is 450 g/mol. The van der Waals surface area contributed by atoms with Gasteiger partial charge in [-0.15, -0.1) is 0 Å². The number of rotatable bonds is 5. The van der Waals surface area contributed by atoms with Crippen molar-refractivity contribution in [3.63, 3.8) is 0 Å². The van der Waals surface area contributed by atoms with Gasteiger partial charge in [-0.3, -0.25) is 24.5 Å². The topological polar surface area (TPSA) is 83.6 Å². The fourth-order valence-electron chi connectivity index (χ4n) is 5.34. The Balaban J connectivity index is 1.53. The van der Waals surface area contributed by atoms with Gasteiger partial charge >= 0.3 is 6.18 Å². The Morgan fingerprint density at radius 2 is 1.91 bits per heavy atom. The Kier molecular flexibility index (Phi) is 5.63. The van der Waals surface area contributed by atoms with Gasteiger partial charge in [-0.05, 0) is 42.4 Å². The maximum atomic E-state index is 13.8. The molecule has 2 fully saturated rings. The number of Topliss-reactive ketones (excluding diaryl/α,β-unsaturated/α-hetero) is 1. The molecular formula is C23H25F3N2O4. The number of piperidine rings is 1. The first-order chi connectivity index (χ1) is 15.0. The molecule has 1 aromatic rings. The summed E-state index contributed by atoms with van der Waals surface area (Å²) in [6.07, 6.45) is -2.40. The molecule has 2 heterocycles. The summed E-state index contributed by atoms with van der Waals surface area (Å²) in [4.78, 5) is 50.5. The van der Waals surface area contributed by atoms with Crippen LogP contribution in [-0.4, -0.2) is 40.6 Å². The molecule has 1 N–H and O–H groups in total. The predicted octanol–water partition coefficient (Wildman–Crippen LogP) is 3.78. The van der Waals surface area contributed by atoms with E-state index in [1.807, 2.05) is 0 Å². The lowest BCUT2D eigenvalue weighted by Crippen LogP contribution is -2.52. The molecule has 32 heavy (non-hydrogen) atoms. The number of hydrogen-bond donors (Lipinski definition) is 1. The number of fused-ring (bicyclic) bond motifs is 1. The second kappa shape index (κ2) is 8.01. The fourth-order valence-corrected chi connectivity index (χ4v) is 5.34. The molecule has 172 valence electrons. The summed E-state index contributed by atoms with van der Waals surface area (Å²) < 4.78 is 41.5. The minimum atomic E-state index is -4.47. The van der Waals surface area contributed by atoms with E-state index in [1.54, 1.807) is 6.92 Å². The molecule has 0 spiro atoms. The lowest BCUT2D eigenvalue weighted by Gasteiger charge is -2.35. The Morgan fingerprint density at radius 1 is 1.22 bits per heavy atom. The second-order valence-electron chi connectivity index (χ2n) is 9.35. The van der Waals surface area contributed by atoms with E-state index < -0.39 is 47.6 Å². The lowest BCUT2D eigenvalue weighted by molar-refractivity contribution is -0.203. The number of imide groups is 1. The van der Waals surface area contributed by atoms with E-state index >= 15 is 0 Å². The van der Waals surface area contributed by atoms with Gasteiger partial charge in [0.1, 0.15) is 6.04 Å². The molecule has 1 aromatic carbocycles. The molecule has 2 aliphatic heterocycles. The summed E-state index contributed by atoms with van der Waals surface area (Å²) in [6.45, 7) is 1.69. The Bertz CT molecular complexity index is 982. The van der Waals surface area contributed by atoms with Gasteiger partial charge in [-0.25, -0.2) is 0 Å². The number of carbonyl (C=O) groups excluding carboxylic acids is 4. The van der Waals surface area contributed by atoms with E-state index in [1.165, 1.54) is 23.1 Å². The molecule has 1 unspecified atom stereocenters. The molecule has 6 nitrogen and oxygen atoms in total. The predicted molar refractivity (Wildman–Crippen MR) is 108 cm³/mol. The third-order valence-electron chi connectivity index (χ3n) is 7.22. The van der Waals surface area contributed by atoms with Crippen LogP contribution in [0.1, 0.15) is 78.1 Å². The summed E-state index contributed by atoms with van der Waals surface area (Å²) in [7, 11) is 0. The van der Waals surface area contributed by atoms with Crippen LogP contribution >= 0.6 is 0 Å². The van der Waals surface area contributed by atoms with Crippen molar-refractivity contribution in [2.24, 2.45) is 11.3 Å². The molecule has 9 heteroatoms. The maximum absolute atomic E-state index is 13.8. The molecule has 4 rings (SSSR count). The third-order valence-corrected chi connectivity index (χ3v) is 7.22. The van der Waals surface area contributed by atoms with Crippen molar-refractivity contribution < 1.29 is 32.3 Å². The van der Waals surface area contributed by atoms with E-state index in [-0.39, 0.29) is 30.9 Å². The van der Waals surface area contributed by atoms with Gasteiger partial charge in [0.15, 0.2) is 5.78 Å². The van der Waals surface area contributed by atoms with E-state index in [0.29, 0.717) is 24.0 Å². The van der Waals surface area contributed by atoms with Crippen LogP contribution in [0.5, 0.6) is 0 Å². The van der Waals surface area contributed by atoms with Crippen molar-refractivity contribution in [2.75, 3.05) is 0 Å². The fraction of sp³-hybridized carbons (Fsp3) is 0.565. The van der Waals surface area contributed by atoms with Crippen LogP contribution in [0, 0.1) is 11.3 Å². The quantitative estimate of drug-likeness (QED) is 0.547. The van der Waals surface area contributed by atoms with Crippen LogP contribution in [0.3, 0.4) is 0 Å². The van der Waals surface area contributed by atoms with Crippen molar-refractivity contribution >= 4 is 23.5 Å². The smallest absolute Gasteiger partial charge is 0.322 e. The highest BCUT2D eigenvalue weighted by atomic mass is 19.4. The Hall–Kier alpha value is -2.71.